The largest absolute Gasteiger partial charge is 0.352 e. The molecule has 0 aromatic heterocycles. The lowest BCUT2D eigenvalue weighted by atomic mass is 10.1. The second-order valence-corrected chi connectivity index (χ2v) is 5.70. The molecule has 0 unspecified atom stereocenters. The summed E-state index contributed by atoms with van der Waals surface area (Å²) in [5.41, 5.74) is 1.92. The van der Waals surface area contributed by atoms with Gasteiger partial charge in [0.15, 0.2) is 0 Å². The van der Waals surface area contributed by atoms with Gasteiger partial charge in [0, 0.05) is 12.1 Å². The van der Waals surface area contributed by atoms with E-state index in [4.69, 9.17) is 0 Å². The first-order valence-corrected chi connectivity index (χ1v) is 7.94. The molecule has 0 aliphatic carbocycles. The molecule has 0 spiro atoms. The second kappa shape index (κ2) is 6.66. The van der Waals surface area contributed by atoms with Crippen molar-refractivity contribution in [3.63, 3.8) is 0 Å². The number of fused-ring (bicyclic) bond motifs is 1. The molecule has 1 aliphatic heterocycles. The molecule has 3 rings (SSSR count). The summed E-state index contributed by atoms with van der Waals surface area (Å²) in [7, 11) is 0. The van der Waals surface area contributed by atoms with Gasteiger partial charge in [-0.25, -0.2) is 0 Å². The maximum Gasteiger partial charge on any atom is 0.261 e. The zero-order valence-electron chi connectivity index (χ0n) is 13.4. The molecular formula is C19H18N2O3. The van der Waals surface area contributed by atoms with E-state index >= 15 is 0 Å². The van der Waals surface area contributed by atoms with Gasteiger partial charge in [-0.2, -0.15) is 0 Å². The molecule has 0 bridgehead atoms. The van der Waals surface area contributed by atoms with Gasteiger partial charge < -0.3 is 5.32 Å². The van der Waals surface area contributed by atoms with Gasteiger partial charge in [-0.05, 0) is 30.2 Å². The molecular weight excluding hydrogens is 304 g/mol. The van der Waals surface area contributed by atoms with Crippen LogP contribution in [0.1, 0.15) is 50.0 Å². The number of carbonyl (C=O) groups excluding carboxylic acids is 3. The van der Waals surface area contributed by atoms with Gasteiger partial charge in [0.1, 0.15) is 0 Å². The van der Waals surface area contributed by atoms with Gasteiger partial charge in [0.2, 0.25) is 0 Å². The molecule has 5 heteroatoms. The fourth-order valence-electron chi connectivity index (χ4n) is 2.68. The van der Waals surface area contributed by atoms with E-state index in [0.29, 0.717) is 23.2 Å². The number of nitrogens with one attached hydrogen (secondary N) is 1. The van der Waals surface area contributed by atoms with Crippen molar-refractivity contribution in [2.45, 2.75) is 19.9 Å². The lowest BCUT2D eigenvalue weighted by Crippen LogP contribution is -2.29. The molecule has 24 heavy (non-hydrogen) atoms. The lowest BCUT2D eigenvalue weighted by Gasteiger charge is -2.13. The summed E-state index contributed by atoms with van der Waals surface area (Å²) < 4.78 is 0. The average molecular weight is 322 g/mol. The highest BCUT2D eigenvalue weighted by Crippen LogP contribution is 2.25. The first-order valence-electron chi connectivity index (χ1n) is 7.94. The van der Waals surface area contributed by atoms with E-state index in [1.165, 1.54) is 11.0 Å². The van der Waals surface area contributed by atoms with Crippen LogP contribution in [0.4, 0.5) is 0 Å². The number of benzene rings is 2. The van der Waals surface area contributed by atoms with Gasteiger partial charge in [-0.1, -0.05) is 37.3 Å². The number of nitrogens with zero attached hydrogens (tertiary/aromatic N) is 1. The molecule has 0 fully saturated rings. The number of carbonyl (C=O) groups is 3. The zero-order chi connectivity index (χ0) is 17.1. The Morgan fingerprint density at radius 3 is 2.42 bits per heavy atom. The molecule has 3 amide bonds. The SMILES string of the molecule is CCCNC(=O)c1ccc2c(c1)C(=O)N(Cc1ccccc1)C2=O. The van der Waals surface area contributed by atoms with Crippen LogP contribution >= 0.6 is 0 Å². The summed E-state index contributed by atoms with van der Waals surface area (Å²) in [6.07, 6.45) is 0.832. The van der Waals surface area contributed by atoms with Crippen molar-refractivity contribution in [1.29, 1.82) is 0 Å². The topological polar surface area (TPSA) is 66.5 Å². The Labute approximate surface area is 140 Å². The van der Waals surface area contributed by atoms with Gasteiger partial charge in [0.05, 0.1) is 17.7 Å². The summed E-state index contributed by atoms with van der Waals surface area (Å²) in [5.74, 6) is -0.912. The smallest absolute Gasteiger partial charge is 0.261 e. The van der Waals surface area contributed by atoms with Crippen molar-refractivity contribution in [3.8, 4) is 0 Å². The molecule has 2 aromatic rings. The van der Waals surface area contributed by atoms with Crippen molar-refractivity contribution >= 4 is 17.7 Å². The quantitative estimate of drug-likeness (QED) is 0.861. The Balaban J connectivity index is 1.85. The van der Waals surface area contributed by atoms with E-state index in [0.717, 1.165) is 12.0 Å². The van der Waals surface area contributed by atoms with Crippen molar-refractivity contribution in [1.82, 2.24) is 10.2 Å². The van der Waals surface area contributed by atoms with Crippen molar-refractivity contribution in [2.75, 3.05) is 6.54 Å². The monoisotopic (exact) mass is 322 g/mol. The fourth-order valence-corrected chi connectivity index (χ4v) is 2.68. The van der Waals surface area contributed by atoms with Crippen molar-refractivity contribution in [3.05, 3.63) is 70.8 Å². The molecule has 1 aliphatic rings. The Hall–Kier alpha value is -2.95. The summed E-state index contributed by atoms with van der Waals surface area (Å²) in [5, 5.41) is 2.77. The average Bonchev–Trinajstić information content (AvgIpc) is 2.85. The van der Waals surface area contributed by atoms with Crippen LogP contribution < -0.4 is 5.32 Å². The van der Waals surface area contributed by atoms with Crippen LogP contribution in [0.25, 0.3) is 0 Å². The first-order chi connectivity index (χ1) is 11.6. The van der Waals surface area contributed by atoms with E-state index in [9.17, 15) is 14.4 Å². The van der Waals surface area contributed by atoms with E-state index in [1.807, 2.05) is 37.3 Å². The highest BCUT2D eigenvalue weighted by molar-refractivity contribution is 6.22. The number of rotatable bonds is 5. The predicted octanol–water partition coefficient (Wildman–Crippen LogP) is 2.62. The molecule has 5 nitrogen and oxygen atoms in total. The zero-order valence-corrected chi connectivity index (χ0v) is 13.4. The molecule has 1 N–H and O–H groups in total. The Bertz CT molecular complexity index is 800. The molecule has 0 atom stereocenters. The second-order valence-electron chi connectivity index (χ2n) is 5.70. The summed E-state index contributed by atoms with van der Waals surface area (Å²) in [4.78, 5) is 38.3. The molecule has 2 aromatic carbocycles. The standard InChI is InChI=1S/C19H18N2O3/c1-2-10-20-17(22)14-8-9-15-16(11-14)19(24)21(18(15)23)12-13-6-4-3-5-7-13/h3-9,11H,2,10,12H2,1H3,(H,20,22). The minimum absolute atomic E-state index is 0.227. The molecule has 1 heterocycles. The molecule has 0 saturated carbocycles. The molecule has 0 saturated heterocycles. The van der Waals surface area contributed by atoms with Gasteiger partial charge >= 0.3 is 0 Å². The van der Waals surface area contributed by atoms with Crippen LogP contribution in [-0.4, -0.2) is 29.2 Å². The number of hydrogen-bond donors (Lipinski definition) is 1. The van der Waals surface area contributed by atoms with Crippen molar-refractivity contribution in [2.24, 2.45) is 0 Å². The minimum Gasteiger partial charge on any atom is -0.352 e. The lowest BCUT2D eigenvalue weighted by molar-refractivity contribution is 0.0642. The van der Waals surface area contributed by atoms with Crippen molar-refractivity contribution < 1.29 is 14.4 Å². The third kappa shape index (κ3) is 2.93. The Kier molecular flexibility index (Phi) is 4.42. The number of imide groups is 1. The molecule has 122 valence electrons. The van der Waals surface area contributed by atoms with Gasteiger partial charge in [-0.15, -0.1) is 0 Å². The maximum atomic E-state index is 12.6. The third-order valence-corrected chi connectivity index (χ3v) is 3.95. The van der Waals surface area contributed by atoms with Gasteiger partial charge in [0.25, 0.3) is 17.7 Å². The summed E-state index contributed by atoms with van der Waals surface area (Å²) >= 11 is 0. The third-order valence-electron chi connectivity index (χ3n) is 3.95. The van der Waals surface area contributed by atoms with Crippen LogP contribution in [-0.2, 0) is 6.54 Å². The van der Waals surface area contributed by atoms with E-state index in [-0.39, 0.29) is 24.3 Å². The highest BCUT2D eigenvalue weighted by Gasteiger charge is 2.35. The van der Waals surface area contributed by atoms with Crippen LogP contribution in [0.3, 0.4) is 0 Å². The number of hydrogen-bond acceptors (Lipinski definition) is 3. The molecule has 0 radical (unpaired) electrons. The van der Waals surface area contributed by atoms with Crippen LogP contribution in [0.2, 0.25) is 0 Å². The predicted molar refractivity (Wildman–Crippen MR) is 89.7 cm³/mol. The Morgan fingerprint density at radius 2 is 1.71 bits per heavy atom. The van der Waals surface area contributed by atoms with Gasteiger partial charge in [-0.3, -0.25) is 19.3 Å². The summed E-state index contributed by atoms with van der Waals surface area (Å²) in [6.45, 7) is 2.76. The van der Waals surface area contributed by atoms with Crippen LogP contribution in [0.15, 0.2) is 48.5 Å². The fraction of sp³-hybridized carbons (Fsp3) is 0.211. The minimum atomic E-state index is -0.357. The Morgan fingerprint density at radius 1 is 1.00 bits per heavy atom. The van der Waals surface area contributed by atoms with E-state index < -0.39 is 0 Å². The van der Waals surface area contributed by atoms with E-state index in [2.05, 4.69) is 5.32 Å². The maximum absolute atomic E-state index is 12.6. The normalized spacial score (nSPS) is 13.1. The van der Waals surface area contributed by atoms with Crippen LogP contribution in [0, 0.1) is 0 Å². The first kappa shape index (κ1) is 15.9. The summed E-state index contributed by atoms with van der Waals surface area (Å²) in [6, 6.07) is 14.0. The number of amides is 3. The highest BCUT2D eigenvalue weighted by atomic mass is 16.2. The van der Waals surface area contributed by atoms with Crippen LogP contribution in [0.5, 0.6) is 0 Å². The van der Waals surface area contributed by atoms with E-state index in [1.54, 1.807) is 12.1 Å².